The molecule has 0 unspecified atom stereocenters. The normalized spacial score (nSPS) is 15.6. The second kappa shape index (κ2) is 9.62. The molecule has 1 aliphatic heterocycles. The molecular formula is C23H30N2O4S. The number of sulfonamides is 1. The highest BCUT2D eigenvalue weighted by Crippen LogP contribution is 2.30. The lowest BCUT2D eigenvalue weighted by atomic mass is 10.0. The number of nitrogens with zero attached hydrogens (tertiary/aromatic N) is 1. The van der Waals surface area contributed by atoms with Crippen LogP contribution in [0.1, 0.15) is 61.4 Å². The Morgan fingerprint density at radius 2 is 1.63 bits per heavy atom. The minimum absolute atomic E-state index is 0.0368. The minimum Gasteiger partial charge on any atom is -0.495 e. The molecule has 1 fully saturated rings. The average Bonchev–Trinajstić information content (AvgIpc) is 3.04. The third-order valence-corrected chi connectivity index (χ3v) is 7.36. The van der Waals surface area contributed by atoms with Gasteiger partial charge in [-0.25, -0.2) is 8.42 Å². The number of carbonyl (C=O) groups excluding carboxylic acids is 1. The van der Waals surface area contributed by atoms with Crippen molar-refractivity contribution in [3.8, 4) is 5.75 Å². The van der Waals surface area contributed by atoms with Crippen molar-refractivity contribution in [2.24, 2.45) is 0 Å². The Balaban J connectivity index is 1.86. The van der Waals surface area contributed by atoms with Crippen molar-refractivity contribution < 1.29 is 17.9 Å². The van der Waals surface area contributed by atoms with Crippen molar-refractivity contribution in [1.29, 1.82) is 0 Å². The van der Waals surface area contributed by atoms with Gasteiger partial charge >= 0.3 is 0 Å². The van der Waals surface area contributed by atoms with Gasteiger partial charge in [-0.2, -0.15) is 4.31 Å². The van der Waals surface area contributed by atoms with E-state index < -0.39 is 10.0 Å². The Morgan fingerprint density at radius 1 is 1.00 bits per heavy atom. The number of benzene rings is 2. The van der Waals surface area contributed by atoms with Crippen LogP contribution >= 0.6 is 0 Å². The quantitative estimate of drug-likeness (QED) is 0.725. The van der Waals surface area contributed by atoms with Gasteiger partial charge < -0.3 is 10.1 Å². The van der Waals surface area contributed by atoms with Gasteiger partial charge in [0.1, 0.15) is 10.6 Å². The topological polar surface area (TPSA) is 75.7 Å². The first kappa shape index (κ1) is 22.3. The number of hydrogen-bond donors (Lipinski definition) is 1. The van der Waals surface area contributed by atoms with Crippen LogP contribution in [0.5, 0.6) is 5.75 Å². The molecule has 0 aromatic heterocycles. The van der Waals surface area contributed by atoms with Crippen molar-refractivity contribution in [1.82, 2.24) is 4.31 Å². The maximum atomic E-state index is 13.3. The molecule has 0 radical (unpaired) electrons. The van der Waals surface area contributed by atoms with E-state index in [9.17, 15) is 13.2 Å². The van der Waals surface area contributed by atoms with Gasteiger partial charge in [-0.1, -0.05) is 38.8 Å². The highest BCUT2D eigenvalue weighted by Gasteiger charge is 2.29. The first-order chi connectivity index (χ1) is 14.3. The van der Waals surface area contributed by atoms with Gasteiger partial charge in [0, 0.05) is 24.3 Å². The molecule has 3 rings (SSSR count). The zero-order valence-electron chi connectivity index (χ0n) is 17.8. The maximum absolute atomic E-state index is 13.3. The molecule has 0 atom stereocenters. The average molecular weight is 431 g/mol. The highest BCUT2D eigenvalue weighted by molar-refractivity contribution is 7.89. The van der Waals surface area contributed by atoms with E-state index in [0.29, 0.717) is 24.7 Å². The lowest BCUT2D eigenvalue weighted by Crippen LogP contribution is -2.32. The number of carbonyl (C=O) groups is 1. The molecule has 0 bridgehead atoms. The predicted octanol–water partition coefficient (Wildman–Crippen LogP) is 4.64. The van der Waals surface area contributed by atoms with Crippen LogP contribution in [0, 0.1) is 0 Å². The molecule has 1 heterocycles. The van der Waals surface area contributed by atoms with Gasteiger partial charge in [-0.3, -0.25) is 4.79 Å². The lowest BCUT2D eigenvalue weighted by molar-refractivity contribution is 0.102. The second-order valence-corrected chi connectivity index (χ2v) is 9.82. The molecule has 0 aliphatic carbocycles. The number of nitrogens with one attached hydrogen (secondary N) is 1. The van der Waals surface area contributed by atoms with Crippen LogP contribution in [0.3, 0.4) is 0 Å². The standard InChI is InChI=1S/C23H30N2O4S/c1-17(2)18-8-11-20(12-9-18)24-23(26)19-10-13-21(29-3)22(16-19)30(27,28)25-14-6-4-5-7-15-25/h8-13,16-17H,4-7,14-15H2,1-3H3,(H,24,26). The molecule has 1 amide bonds. The lowest BCUT2D eigenvalue weighted by Gasteiger charge is -2.21. The summed E-state index contributed by atoms with van der Waals surface area (Å²) in [5.41, 5.74) is 2.12. The van der Waals surface area contributed by atoms with E-state index in [-0.39, 0.29) is 22.1 Å². The van der Waals surface area contributed by atoms with Crippen molar-refractivity contribution in [3.05, 3.63) is 53.6 Å². The highest BCUT2D eigenvalue weighted by atomic mass is 32.2. The van der Waals surface area contributed by atoms with E-state index in [1.807, 2.05) is 24.3 Å². The first-order valence-electron chi connectivity index (χ1n) is 10.4. The zero-order valence-corrected chi connectivity index (χ0v) is 18.7. The second-order valence-electron chi connectivity index (χ2n) is 7.91. The zero-order chi connectivity index (χ0) is 21.7. The molecule has 6 nitrogen and oxygen atoms in total. The fraction of sp³-hybridized carbons (Fsp3) is 0.435. The van der Waals surface area contributed by atoms with Gasteiger partial charge in [0.25, 0.3) is 5.91 Å². The monoisotopic (exact) mass is 430 g/mol. The van der Waals surface area contributed by atoms with Gasteiger partial charge in [-0.15, -0.1) is 0 Å². The summed E-state index contributed by atoms with van der Waals surface area (Å²) in [7, 11) is -2.31. The summed E-state index contributed by atoms with van der Waals surface area (Å²) in [5, 5.41) is 2.84. The summed E-state index contributed by atoms with van der Waals surface area (Å²) in [6, 6.07) is 12.2. The molecule has 1 N–H and O–H groups in total. The number of amides is 1. The van der Waals surface area contributed by atoms with Gasteiger partial charge in [0.2, 0.25) is 10.0 Å². The van der Waals surface area contributed by atoms with Gasteiger partial charge in [-0.05, 0) is 54.7 Å². The maximum Gasteiger partial charge on any atom is 0.255 e. The third kappa shape index (κ3) is 5.02. The predicted molar refractivity (Wildman–Crippen MR) is 119 cm³/mol. The van der Waals surface area contributed by atoms with Crippen LogP contribution in [0.15, 0.2) is 47.4 Å². The Morgan fingerprint density at radius 3 is 2.20 bits per heavy atom. The van der Waals surface area contributed by atoms with Crippen molar-refractivity contribution in [3.63, 3.8) is 0 Å². The molecule has 162 valence electrons. The number of ether oxygens (including phenoxy) is 1. The smallest absolute Gasteiger partial charge is 0.255 e. The van der Waals surface area contributed by atoms with E-state index in [4.69, 9.17) is 4.74 Å². The number of anilines is 1. The molecular weight excluding hydrogens is 400 g/mol. The van der Waals surface area contributed by atoms with Crippen LogP contribution in [0.25, 0.3) is 0 Å². The van der Waals surface area contributed by atoms with Crippen LogP contribution in [-0.2, 0) is 10.0 Å². The largest absolute Gasteiger partial charge is 0.495 e. The summed E-state index contributed by atoms with van der Waals surface area (Å²) in [5.74, 6) is 0.294. The van der Waals surface area contributed by atoms with Crippen LogP contribution in [0.2, 0.25) is 0 Å². The SMILES string of the molecule is COc1ccc(C(=O)Nc2ccc(C(C)C)cc2)cc1S(=O)(=O)N1CCCCCC1. The molecule has 2 aromatic carbocycles. The van der Waals surface area contributed by atoms with E-state index >= 15 is 0 Å². The Kier molecular flexibility index (Phi) is 7.15. The summed E-state index contributed by atoms with van der Waals surface area (Å²) < 4.78 is 33.3. The third-order valence-electron chi connectivity index (χ3n) is 5.44. The van der Waals surface area contributed by atoms with Gasteiger partial charge in [0.05, 0.1) is 7.11 Å². The molecule has 1 saturated heterocycles. The Labute approximate surface area is 179 Å². The number of rotatable bonds is 6. The van der Waals surface area contributed by atoms with E-state index in [2.05, 4.69) is 19.2 Å². The van der Waals surface area contributed by atoms with Crippen LogP contribution in [0.4, 0.5) is 5.69 Å². The van der Waals surface area contributed by atoms with Crippen LogP contribution < -0.4 is 10.1 Å². The fourth-order valence-electron chi connectivity index (χ4n) is 3.60. The van der Waals surface area contributed by atoms with Crippen molar-refractivity contribution >= 4 is 21.6 Å². The Bertz CT molecular complexity index is 977. The molecule has 30 heavy (non-hydrogen) atoms. The molecule has 2 aromatic rings. The van der Waals surface area contributed by atoms with E-state index in [0.717, 1.165) is 25.7 Å². The van der Waals surface area contributed by atoms with E-state index in [1.165, 1.54) is 23.0 Å². The van der Waals surface area contributed by atoms with Crippen molar-refractivity contribution in [2.75, 3.05) is 25.5 Å². The summed E-state index contributed by atoms with van der Waals surface area (Å²) in [6.45, 7) is 5.20. The molecule has 0 saturated carbocycles. The molecule has 1 aliphatic rings. The minimum atomic E-state index is -3.74. The first-order valence-corrected chi connectivity index (χ1v) is 11.9. The molecule has 7 heteroatoms. The van der Waals surface area contributed by atoms with Gasteiger partial charge in [0.15, 0.2) is 0 Å². The summed E-state index contributed by atoms with van der Waals surface area (Å²) >= 11 is 0. The number of methoxy groups -OCH3 is 1. The molecule has 0 spiro atoms. The Hall–Kier alpha value is -2.38. The summed E-state index contributed by atoms with van der Waals surface area (Å²) in [4.78, 5) is 12.8. The summed E-state index contributed by atoms with van der Waals surface area (Å²) in [6.07, 6.45) is 3.74. The van der Waals surface area contributed by atoms with Crippen molar-refractivity contribution in [2.45, 2.75) is 50.3 Å². The van der Waals surface area contributed by atoms with Crippen LogP contribution in [-0.4, -0.2) is 38.8 Å². The van der Waals surface area contributed by atoms with E-state index in [1.54, 1.807) is 12.1 Å². The fourth-order valence-corrected chi connectivity index (χ4v) is 5.29. The number of hydrogen-bond acceptors (Lipinski definition) is 4.